The number of rotatable bonds is 6. The Morgan fingerprint density at radius 2 is 2.20 bits per heavy atom. The molecule has 2 saturated carbocycles. The van der Waals surface area contributed by atoms with Crippen molar-refractivity contribution in [3.8, 4) is 0 Å². The Kier molecular flexibility index (Phi) is 4.04. The molecule has 15 heavy (non-hydrogen) atoms. The summed E-state index contributed by atoms with van der Waals surface area (Å²) in [5.74, 6) is 3.06. The van der Waals surface area contributed by atoms with Crippen LogP contribution in [0.5, 0.6) is 0 Å². The van der Waals surface area contributed by atoms with Gasteiger partial charge in [0.1, 0.15) is 0 Å². The van der Waals surface area contributed by atoms with Crippen molar-refractivity contribution in [2.24, 2.45) is 17.8 Å². The van der Waals surface area contributed by atoms with Gasteiger partial charge in [-0.3, -0.25) is 0 Å². The van der Waals surface area contributed by atoms with E-state index < -0.39 is 0 Å². The SMILES string of the molecule is CC(CCCO)NCC1CC2CCC1C2. The molecule has 0 heterocycles. The van der Waals surface area contributed by atoms with E-state index in [0.29, 0.717) is 12.6 Å². The summed E-state index contributed by atoms with van der Waals surface area (Å²) in [6, 6.07) is 0.580. The molecule has 2 aliphatic carbocycles. The minimum Gasteiger partial charge on any atom is -0.396 e. The van der Waals surface area contributed by atoms with E-state index in [1.807, 2.05) is 0 Å². The minimum absolute atomic E-state index is 0.333. The molecule has 2 aliphatic rings. The zero-order chi connectivity index (χ0) is 10.7. The van der Waals surface area contributed by atoms with Crippen molar-refractivity contribution < 1.29 is 5.11 Å². The van der Waals surface area contributed by atoms with Gasteiger partial charge < -0.3 is 10.4 Å². The highest BCUT2D eigenvalue weighted by Gasteiger charge is 2.38. The zero-order valence-electron chi connectivity index (χ0n) is 9.91. The van der Waals surface area contributed by atoms with Crippen LogP contribution in [-0.4, -0.2) is 24.3 Å². The average Bonchev–Trinajstić information content (AvgIpc) is 2.84. The van der Waals surface area contributed by atoms with Crippen molar-refractivity contribution in [2.75, 3.05) is 13.2 Å². The van der Waals surface area contributed by atoms with Gasteiger partial charge >= 0.3 is 0 Å². The van der Waals surface area contributed by atoms with E-state index in [1.54, 1.807) is 0 Å². The highest BCUT2D eigenvalue weighted by Crippen LogP contribution is 2.47. The average molecular weight is 211 g/mol. The number of aliphatic hydroxyl groups excluding tert-OH is 1. The van der Waals surface area contributed by atoms with Crippen LogP contribution in [0.2, 0.25) is 0 Å². The predicted octanol–water partition coefficient (Wildman–Crippen LogP) is 2.17. The highest BCUT2D eigenvalue weighted by molar-refractivity contribution is 4.91. The maximum Gasteiger partial charge on any atom is 0.0431 e. The number of hydrogen-bond acceptors (Lipinski definition) is 2. The van der Waals surface area contributed by atoms with Crippen LogP contribution in [0.15, 0.2) is 0 Å². The van der Waals surface area contributed by atoms with Gasteiger partial charge in [0.2, 0.25) is 0 Å². The minimum atomic E-state index is 0.333. The molecule has 2 fully saturated rings. The first-order valence-corrected chi connectivity index (χ1v) is 6.64. The number of aliphatic hydroxyl groups is 1. The van der Waals surface area contributed by atoms with Crippen LogP contribution in [0.4, 0.5) is 0 Å². The first kappa shape index (κ1) is 11.4. The largest absolute Gasteiger partial charge is 0.396 e. The summed E-state index contributed by atoms with van der Waals surface area (Å²) in [5, 5.41) is 12.4. The fourth-order valence-electron chi connectivity index (χ4n) is 3.48. The van der Waals surface area contributed by atoms with Crippen molar-refractivity contribution >= 4 is 0 Å². The van der Waals surface area contributed by atoms with Gasteiger partial charge in [-0.25, -0.2) is 0 Å². The number of fused-ring (bicyclic) bond motifs is 2. The maximum absolute atomic E-state index is 8.75. The van der Waals surface area contributed by atoms with E-state index >= 15 is 0 Å². The molecule has 0 aromatic rings. The van der Waals surface area contributed by atoms with Crippen molar-refractivity contribution in [2.45, 2.75) is 51.5 Å². The van der Waals surface area contributed by atoms with E-state index in [-0.39, 0.29) is 0 Å². The fourth-order valence-corrected chi connectivity index (χ4v) is 3.48. The third-order valence-corrected chi connectivity index (χ3v) is 4.41. The van der Waals surface area contributed by atoms with Gasteiger partial charge in [-0.15, -0.1) is 0 Å². The van der Waals surface area contributed by atoms with Crippen LogP contribution in [0, 0.1) is 17.8 Å². The van der Waals surface area contributed by atoms with E-state index in [4.69, 9.17) is 5.11 Å². The van der Waals surface area contributed by atoms with Crippen LogP contribution in [-0.2, 0) is 0 Å². The maximum atomic E-state index is 8.75. The van der Waals surface area contributed by atoms with Crippen molar-refractivity contribution in [3.05, 3.63) is 0 Å². The molecule has 2 bridgehead atoms. The lowest BCUT2D eigenvalue weighted by Crippen LogP contribution is -2.33. The molecule has 0 aromatic carbocycles. The standard InChI is InChI=1S/C13H25NO/c1-10(3-2-6-15)14-9-13-8-11-4-5-12(13)7-11/h10-15H,2-9H2,1H3. The van der Waals surface area contributed by atoms with Gasteiger partial charge in [-0.1, -0.05) is 6.42 Å². The lowest BCUT2D eigenvalue weighted by Gasteiger charge is -2.24. The first-order chi connectivity index (χ1) is 7.29. The fraction of sp³-hybridized carbons (Fsp3) is 1.00. The summed E-state index contributed by atoms with van der Waals surface area (Å²) in [6.07, 6.45) is 8.02. The molecular formula is C13H25NO. The molecule has 4 unspecified atom stereocenters. The summed E-state index contributed by atoms with van der Waals surface area (Å²) in [4.78, 5) is 0. The van der Waals surface area contributed by atoms with Crippen LogP contribution in [0.1, 0.15) is 45.4 Å². The van der Waals surface area contributed by atoms with E-state index in [1.165, 1.54) is 32.2 Å². The zero-order valence-corrected chi connectivity index (χ0v) is 9.91. The Bertz CT molecular complexity index is 195. The van der Waals surface area contributed by atoms with Gasteiger partial charge in [0.15, 0.2) is 0 Å². The summed E-state index contributed by atoms with van der Waals surface area (Å²) < 4.78 is 0. The van der Waals surface area contributed by atoms with Crippen molar-refractivity contribution in [1.29, 1.82) is 0 Å². The molecule has 0 saturated heterocycles. The van der Waals surface area contributed by atoms with Crippen molar-refractivity contribution in [1.82, 2.24) is 5.32 Å². The number of hydrogen-bond donors (Lipinski definition) is 2. The Balaban J connectivity index is 1.61. The van der Waals surface area contributed by atoms with Gasteiger partial charge in [0.25, 0.3) is 0 Å². The molecular weight excluding hydrogens is 186 g/mol. The molecule has 0 amide bonds. The molecule has 0 radical (unpaired) electrons. The van der Waals surface area contributed by atoms with Crippen LogP contribution in [0.25, 0.3) is 0 Å². The van der Waals surface area contributed by atoms with Gasteiger partial charge in [0, 0.05) is 12.6 Å². The molecule has 2 nitrogen and oxygen atoms in total. The second-order valence-electron chi connectivity index (χ2n) is 5.61. The molecule has 4 atom stereocenters. The lowest BCUT2D eigenvalue weighted by atomic mass is 9.88. The normalized spacial score (nSPS) is 36.0. The summed E-state index contributed by atoms with van der Waals surface area (Å²) >= 11 is 0. The summed E-state index contributed by atoms with van der Waals surface area (Å²) in [6.45, 7) is 3.79. The monoisotopic (exact) mass is 211 g/mol. The third kappa shape index (κ3) is 2.94. The second kappa shape index (κ2) is 5.31. The van der Waals surface area contributed by atoms with Crippen LogP contribution in [0.3, 0.4) is 0 Å². The third-order valence-electron chi connectivity index (χ3n) is 4.41. The summed E-state index contributed by atoms with van der Waals surface area (Å²) in [7, 11) is 0. The molecule has 88 valence electrons. The molecule has 0 aliphatic heterocycles. The number of nitrogens with one attached hydrogen (secondary N) is 1. The van der Waals surface area contributed by atoms with E-state index in [0.717, 1.165) is 30.6 Å². The van der Waals surface area contributed by atoms with Crippen LogP contribution >= 0.6 is 0 Å². The first-order valence-electron chi connectivity index (χ1n) is 6.64. The second-order valence-corrected chi connectivity index (χ2v) is 5.61. The topological polar surface area (TPSA) is 32.3 Å². The summed E-state index contributed by atoms with van der Waals surface area (Å²) in [5.41, 5.74) is 0. The Hall–Kier alpha value is -0.0800. The molecule has 2 rings (SSSR count). The highest BCUT2D eigenvalue weighted by atomic mass is 16.2. The van der Waals surface area contributed by atoms with Gasteiger partial charge in [0.05, 0.1) is 0 Å². The van der Waals surface area contributed by atoms with Crippen molar-refractivity contribution in [3.63, 3.8) is 0 Å². The van der Waals surface area contributed by atoms with Gasteiger partial charge in [-0.2, -0.15) is 0 Å². The quantitative estimate of drug-likeness (QED) is 0.706. The molecule has 0 spiro atoms. The molecule has 2 N–H and O–H groups in total. The molecule has 0 aromatic heterocycles. The van der Waals surface area contributed by atoms with E-state index in [9.17, 15) is 0 Å². The smallest absolute Gasteiger partial charge is 0.0431 e. The Morgan fingerprint density at radius 3 is 2.80 bits per heavy atom. The lowest BCUT2D eigenvalue weighted by molar-refractivity contribution is 0.268. The molecule has 2 heteroatoms. The van der Waals surface area contributed by atoms with Gasteiger partial charge in [-0.05, 0) is 63.3 Å². The van der Waals surface area contributed by atoms with E-state index in [2.05, 4.69) is 12.2 Å². The Labute approximate surface area is 93.5 Å². The predicted molar refractivity (Wildman–Crippen MR) is 62.7 cm³/mol. The van der Waals surface area contributed by atoms with Crippen LogP contribution < -0.4 is 5.32 Å². The Morgan fingerprint density at radius 1 is 1.33 bits per heavy atom.